The van der Waals surface area contributed by atoms with Crippen LogP contribution in [0.4, 0.5) is 10.1 Å². The Balaban J connectivity index is 1.58. The third-order valence-electron chi connectivity index (χ3n) is 4.59. The number of rotatable bonds is 7. The topological polar surface area (TPSA) is 111 Å². The van der Waals surface area contributed by atoms with Gasteiger partial charge < -0.3 is 14.8 Å². The molecule has 0 radical (unpaired) electrons. The molecule has 2 aromatic heterocycles. The quantitative estimate of drug-likeness (QED) is 0.381. The van der Waals surface area contributed by atoms with Crippen molar-refractivity contribution in [3.05, 3.63) is 63.7 Å². The van der Waals surface area contributed by atoms with Gasteiger partial charge in [-0.15, -0.1) is 5.10 Å². The van der Waals surface area contributed by atoms with E-state index in [-0.39, 0.29) is 27.9 Å². The van der Waals surface area contributed by atoms with Crippen molar-refractivity contribution in [3.8, 4) is 22.8 Å². The Labute approximate surface area is 195 Å². The zero-order chi connectivity index (χ0) is 23.5. The standard InChI is InChI=1S/C21H17ClFN5O4S/c1-31-17-6-3-11(7-18(17)32-2)15-9-16-20(30)25-26-21(28(16)27-15)33-10-19(29)24-14-5-4-12(23)8-13(14)22/h3-9H,10H2,1-2H3,(H,24,29)(H,25,30). The molecule has 0 fully saturated rings. The molecule has 2 N–H and O–H groups in total. The van der Waals surface area contributed by atoms with Gasteiger partial charge in [-0.05, 0) is 42.5 Å². The van der Waals surface area contributed by atoms with Crippen LogP contribution in [0.2, 0.25) is 5.02 Å². The van der Waals surface area contributed by atoms with E-state index in [1.54, 1.807) is 24.3 Å². The summed E-state index contributed by atoms with van der Waals surface area (Å²) in [4.78, 5) is 24.6. The molecule has 0 atom stereocenters. The number of hydrogen-bond donors (Lipinski definition) is 2. The molecule has 0 saturated carbocycles. The number of aromatic nitrogens is 4. The molecule has 0 aliphatic heterocycles. The van der Waals surface area contributed by atoms with Gasteiger partial charge in [-0.3, -0.25) is 9.59 Å². The Bertz CT molecular complexity index is 1410. The van der Waals surface area contributed by atoms with Crippen LogP contribution in [0.25, 0.3) is 16.8 Å². The molecule has 4 aromatic rings. The summed E-state index contributed by atoms with van der Waals surface area (Å²) in [5, 5.41) is 13.9. The number of H-pyrrole nitrogens is 1. The minimum absolute atomic E-state index is 0.0482. The smallest absolute Gasteiger partial charge is 0.290 e. The van der Waals surface area contributed by atoms with Crippen molar-refractivity contribution in [2.45, 2.75) is 5.16 Å². The minimum Gasteiger partial charge on any atom is -0.493 e. The average molecular weight is 490 g/mol. The molecule has 0 aliphatic carbocycles. The van der Waals surface area contributed by atoms with Gasteiger partial charge in [-0.2, -0.15) is 5.10 Å². The maximum absolute atomic E-state index is 13.2. The van der Waals surface area contributed by atoms with Crippen LogP contribution in [0.5, 0.6) is 11.5 Å². The van der Waals surface area contributed by atoms with Crippen LogP contribution >= 0.6 is 23.4 Å². The number of halogens is 2. The number of amides is 1. The van der Waals surface area contributed by atoms with Crippen molar-refractivity contribution < 1.29 is 18.7 Å². The highest BCUT2D eigenvalue weighted by atomic mass is 35.5. The summed E-state index contributed by atoms with van der Waals surface area (Å²) in [5.74, 6) is 0.142. The number of anilines is 1. The molecular formula is C21H17ClFN5O4S. The van der Waals surface area contributed by atoms with E-state index in [0.717, 1.165) is 17.8 Å². The SMILES string of the molecule is COc1ccc(-c2cc3c(=O)[nH]nc(SCC(=O)Nc4ccc(F)cc4Cl)n3n2)cc1OC. The van der Waals surface area contributed by atoms with E-state index in [1.165, 1.54) is 30.9 Å². The van der Waals surface area contributed by atoms with Crippen molar-refractivity contribution in [2.24, 2.45) is 0 Å². The summed E-state index contributed by atoms with van der Waals surface area (Å²) in [6.45, 7) is 0. The Morgan fingerprint density at radius 1 is 1.18 bits per heavy atom. The van der Waals surface area contributed by atoms with Crippen LogP contribution in [0.1, 0.15) is 0 Å². The molecule has 0 aliphatic rings. The first-order chi connectivity index (χ1) is 15.9. The lowest BCUT2D eigenvalue weighted by atomic mass is 10.1. The monoisotopic (exact) mass is 489 g/mol. The largest absolute Gasteiger partial charge is 0.493 e. The minimum atomic E-state index is -0.504. The Morgan fingerprint density at radius 3 is 2.70 bits per heavy atom. The fourth-order valence-corrected chi connectivity index (χ4v) is 3.95. The maximum atomic E-state index is 13.2. The van der Waals surface area contributed by atoms with Crippen molar-refractivity contribution >= 4 is 40.5 Å². The highest BCUT2D eigenvalue weighted by Gasteiger charge is 2.16. The zero-order valence-corrected chi connectivity index (χ0v) is 19.0. The first-order valence-corrected chi connectivity index (χ1v) is 10.8. The number of aromatic amines is 1. The summed E-state index contributed by atoms with van der Waals surface area (Å²) in [6, 6.07) is 10.6. The van der Waals surface area contributed by atoms with Gasteiger partial charge >= 0.3 is 0 Å². The summed E-state index contributed by atoms with van der Waals surface area (Å²) in [7, 11) is 3.07. The van der Waals surface area contributed by atoms with Crippen molar-refractivity contribution in [2.75, 3.05) is 25.3 Å². The van der Waals surface area contributed by atoms with Gasteiger partial charge in [0.25, 0.3) is 5.56 Å². The lowest BCUT2D eigenvalue weighted by Crippen LogP contribution is -2.17. The second kappa shape index (κ2) is 9.51. The van der Waals surface area contributed by atoms with E-state index >= 15 is 0 Å². The van der Waals surface area contributed by atoms with Crippen LogP contribution in [-0.2, 0) is 4.79 Å². The molecule has 1 amide bonds. The van der Waals surface area contributed by atoms with Crippen molar-refractivity contribution in [1.29, 1.82) is 0 Å². The number of methoxy groups -OCH3 is 2. The predicted octanol–water partition coefficient (Wildman–Crippen LogP) is 3.63. The third-order valence-corrected chi connectivity index (χ3v) is 5.83. The summed E-state index contributed by atoms with van der Waals surface area (Å²) in [5.41, 5.74) is 1.34. The lowest BCUT2D eigenvalue weighted by molar-refractivity contribution is -0.113. The lowest BCUT2D eigenvalue weighted by Gasteiger charge is -2.08. The van der Waals surface area contributed by atoms with E-state index in [9.17, 15) is 14.0 Å². The molecule has 4 rings (SSSR count). The molecule has 2 aromatic carbocycles. The van der Waals surface area contributed by atoms with Gasteiger partial charge in [0.15, 0.2) is 11.5 Å². The Hall–Kier alpha value is -3.57. The van der Waals surface area contributed by atoms with Crippen LogP contribution in [-0.4, -0.2) is 45.7 Å². The van der Waals surface area contributed by atoms with Gasteiger partial charge in [0.05, 0.1) is 36.4 Å². The van der Waals surface area contributed by atoms with Gasteiger partial charge in [0, 0.05) is 5.56 Å². The van der Waals surface area contributed by atoms with Crippen LogP contribution in [0.3, 0.4) is 0 Å². The fraction of sp³-hybridized carbons (Fsp3) is 0.143. The average Bonchev–Trinajstić information content (AvgIpc) is 3.26. The summed E-state index contributed by atoms with van der Waals surface area (Å²) >= 11 is 7.01. The molecule has 9 nitrogen and oxygen atoms in total. The van der Waals surface area contributed by atoms with E-state index in [4.69, 9.17) is 21.1 Å². The number of fused-ring (bicyclic) bond motifs is 1. The predicted molar refractivity (Wildman–Crippen MR) is 123 cm³/mol. The molecule has 0 bridgehead atoms. The number of hydrogen-bond acceptors (Lipinski definition) is 7. The first kappa shape index (κ1) is 22.6. The molecule has 0 spiro atoms. The highest BCUT2D eigenvalue weighted by molar-refractivity contribution is 7.99. The Morgan fingerprint density at radius 2 is 1.97 bits per heavy atom. The van der Waals surface area contributed by atoms with E-state index < -0.39 is 11.4 Å². The molecule has 2 heterocycles. The number of nitrogens with one attached hydrogen (secondary N) is 2. The first-order valence-electron chi connectivity index (χ1n) is 9.48. The number of benzene rings is 2. The molecule has 0 saturated heterocycles. The number of nitrogens with zero attached hydrogens (tertiary/aromatic N) is 3. The highest BCUT2D eigenvalue weighted by Crippen LogP contribution is 2.32. The normalized spacial score (nSPS) is 10.9. The summed E-state index contributed by atoms with van der Waals surface area (Å²) < 4.78 is 25.1. The Kier molecular flexibility index (Phi) is 6.52. The second-order valence-corrected chi connectivity index (χ2v) is 8.04. The van der Waals surface area contributed by atoms with Crippen molar-refractivity contribution in [3.63, 3.8) is 0 Å². The van der Waals surface area contributed by atoms with Gasteiger partial charge in [-0.25, -0.2) is 14.0 Å². The zero-order valence-electron chi connectivity index (χ0n) is 17.4. The van der Waals surface area contributed by atoms with E-state index in [1.807, 2.05) is 0 Å². The van der Waals surface area contributed by atoms with E-state index in [2.05, 4.69) is 20.6 Å². The molecule has 12 heteroatoms. The van der Waals surface area contributed by atoms with Crippen LogP contribution in [0, 0.1) is 5.82 Å². The molecule has 33 heavy (non-hydrogen) atoms. The van der Waals surface area contributed by atoms with Gasteiger partial charge in [0.1, 0.15) is 11.3 Å². The molecule has 0 unspecified atom stereocenters. The van der Waals surface area contributed by atoms with E-state index in [0.29, 0.717) is 27.9 Å². The maximum Gasteiger partial charge on any atom is 0.290 e. The second-order valence-electron chi connectivity index (χ2n) is 6.69. The molecule has 170 valence electrons. The van der Waals surface area contributed by atoms with Gasteiger partial charge in [-0.1, -0.05) is 23.4 Å². The number of carbonyl (C=O) groups is 1. The summed E-state index contributed by atoms with van der Waals surface area (Å²) in [6.07, 6.45) is 0. The number of carbonyl (C=O) groups excluding carboxylic acids is 1. The number of ether oxygens (including phenoxy) is 2. The molecular weight excluding hydrogens is 473 g/mol. The van der Waals surface area contributed by atoms with Gasteiger partial charge in [0.2, 0.25) is 11.1 Å². The fourth-order valence-electron chi connectivity index (χ4n) is 3.03. The number of thioether (sulfide) groups is 1. The third kappa shape index (κ3) is 4.78. The van der Waals surface area contributed by atoms with Crippen molar-refractivity contribution in [1.82, 2.24) is 19.8 Å². The van der Waals surface area contributed by atoms with Crippen LogP contribution in [0.15, 0.2) is 52.4 Å². The van der Waals surface area contributed by atoms with Crippen LogP contribution < -0.4 is 20.3 Å².